The summed E-state index contributed by atoms with van der Waals surface area (Å²) >= 11 is 0. The van der Waals surface area contributed by atoms with E-state index >= 15 is 0 Å². The summed E-state index contributed by atoms with van der Waals surface area (Å²) in [6.45, 7) is 1.65. The van der Waals surface area contributed by atoms with Crippen LogP contribution < -0.4 is 11.1 Å². The molecule has 8 nitrogen and oxygen atoms in total. The first-order chi connectivity index (χ1) is 9.66. The van der Waals surface area contributed by atoms with Crippen molar-refractivity contribution in [3.8, 4) is 0 Å². The predicted molar refractivity (Wildman–Crippen MR) is 71.6 cm³/mol. The van der Waals surface area contributed by atoms with E-state index in [0.29, 0.717) is 19.6 Å². The molecule has 1 aromatic rings. The highest BCUT2D eigenvalue weighted by Crippen LogP contribution is 2.16. The third-order valence-corrected chi connectivity index (χ3v) is 3.46. The molecule has 8 heteroatoms. The monoisotopic (exact) mass is 280 g/mol. The van der Waals surface area contributed by atoms with Gasteiger partial charge in [-0.2, -0.15) is 5.10 Å². The molecule has 0 aliphatic carbocycles. The number of amides is 3. The minimum absolute atomic E-state index is 0.00600. The van der Waals surface area contributed by atoms with E-state index in [0.717, 1.165) is 31.5 Å². The minimum atomic E-state index is -0.451. The summed E-state index contributed by atoms with van der Waals surface area (Å²) < 4.78 is 0. The van der Waals surface area contributed by atoms with Gasteiger partial charge in [-0.25, -0.2) is 9.78 Å². The Bertz CT molecular complexity index is 447. The van der Waals surface area contributed by atoms with Gasteiger partial charge in [0.05, 0.1) is 5.92 Å². The van der Waals surface area contributed by atoms with Crippen molar-refractivity contribution >= 4 is 11.9 Å². The van der Waals surface area contributed by atoms with E-state index in [-0.39, 0.29) is 11.8 Å². The van der Waals surface area contributed by atoms with Gasteiger partial charge in [-0.1, -0.05) is 0 Å². The maximum atomic E-state index is 12.0. The number of piperidine rings is 1. The van der Waals surface area contributed by atoms with Crippen molar-refractivity contribution in [3.63, 3.8) is 0 Å². The molecule has 110 valence electrons. The molecule has 2 rings (SSSR count). The lowest BCUT2D eigenvalue weighted by Gasteiger charge is -2.30. The van der Waals surface area contributed by atoms with Gasteiger partial charge in [-0.05, 0) is 19.3 Å². The van der Waals surface area contributed by atoms with Crippen LogP contribution in [0.25, 0.3) is 0 Å². The lowest BCUT2D eigenvalue weighted by atomic mass is 9.97. The molecule has 0 saturated carbocycles. The largest absolute Gasteiger partial charge is 0.356 e. The number of aromatic amines is 1. The number of nitrogens with zero attached hydrogens (tertiary/aromatic N) is 3. The Morgan fingerprint density at radius 2 is 2.40 bits per heavy atom. The number of H-pyrrole nitrogens is 1. The molecule has 3 amide bonds. The Labute approximate surface area is 117 Å². The SMILES string of the molecule is NC(=O)N1CCCC(C(=O)NCCCc2ncn[nH]2)C1. The van der Waals surface area contributed by atoms with E-state index in [2.05, 4.69) is 20.5 Å². The molecule has 1 aliphatic rings. The second-order valence-corrected chi connectivity index (χ2v) is 4.95. The number of hydrogen-bond donors (Lipinski definition) is 3. The first-order valence-corrected chi connectivity index (χ1v) is 6.83. The van der Waals surface area contributed by atoms with Crippen LogP contribution >= 0.6 is 0 Å². The van der Waals surface area contributed by atoms with E-state index in [4.69, 9.17) is 5.73 Å². The maximum absolute atomic E-state index is 12.0. The number of likely N-dealkylation sites (tertiary alicyclic amines) is 1. The fourth-order valence-electron chi connectivity index (χ4n) is 2.35. The van der Waals surface area contributed by atoms with E-state index in [1.54, 1.807) is 0 Å². The quantitative estimate of drug-likeness (QED) is 0.639. The van der Waals surface area contributed by atoms with Crippen LogP contribution in [-0.4, -0.2) is 51.7 Å². The number of rotatable bonds is 5. The Balaban J connectivity index is 1.67. The smallest absolute Gasteiger partial charge is 0.314 e. The fourth-order valence-corrected chi connectivity index (χ4v) is 2.35. The van der Waals surface area contributed by atoms with Crippen molar-refractivity contribution in [2.45, 2.75) is 25.7 Å². The third-order valence-electron chi connectivity index (χ3n) is 3.46. The number of aryl methyl sites for hydroxylation is 1. The first-order valence-electron chi connectivity index (χ1n) is 6.83. The predicted octanol–water partition coefficient (Wildman–Crippen LogP) is -0.356. The molecule has 1 unspecified atom stereocenters. The van der Waals surface area contributed by atoms with E-state index in [9.17, 15) is 9.59 Å². The molecule has 0 radical (unpaired) electrons. The maximum Gasteiger partial charge on any atom is 0.314 e. The molecule has 1 atom stereocenters. The highest BCUT2D eigenvalue weighted by atomic mass is 16.2. The van der Waals surface area contributed by atoms with Gasteiger partial charge < -0.3 is 16.0 Å². The zero-order valence-electron chi connectivity index (χ0n) is 11.3. The standard InChI is InChI=1S/C12H20N6O2/c13-12(20)18-6-2-3-9(7-18)11(19)14-5-1-4-10-15-8-16-17-10/h8-9H,1-7H2,(H2,13,20)(H,14,19)(H,15,16,17). The summed E-state index contributed by atoms with van der Waals surface area (Å²) in [5.74, 6) is 0.659. The van der Waals surface area contributed by atoms with Gasteiger partial charge in [0.1, 0.15) is 12.2 Å². The first kappa shape index (κ1) is 14.3. The average Bonchev–Trinajstić information content (AvgIpc) is 2.96. The number of hydrogen-bond acceptors (Lipinski definition) is 4. The zero-order chi connectivity index (χ0) is 14.4. The van der Waals surface area contributed by atoms with E-state index in [1.807, 2.05) is 0 Å². The minimum Gasteiger partial charge on any atom is -0.356 e. The molecule has 0 aromatic carbocycles. The highest BCUT2D eigenvalue weighted by Gasteiger charge is 2.26. The number of carbonyl (C=O) groups excluding carboxylic acids is 2. The highest BCUT2D eigenvalue weighted by molar-refractivity contribution is 5.80. The van der Waals surface area contributed by atoms with Gasteiger partial charge in [0.15, 0.2) is 0 Å². The van der Waals surface area contributed by atoms with Crippen LogP contribution in [0.3, 0.4) is 0 Å². The molecule has 20 heavy (non-hydrogen) atoms. The van der Waals surface area contributed by atoms with Crippen LogP contribution in [0.15, 0.2) is 6.33 Å². The lowest BCUT2D eigenvalue weighted by Crippen LogP contribution is -2.47. The van der Waals surface area contributed by atoms with Crippen molar-refractivity contribution in [2.75, 3.05) is 19.6 Å². The van der Waals surface area contributed by atoms with Crippen molar-refractivity contribution in [2.24, 2.45) is 11.7 Å². The summed E-state index contributed by atoms with van der Waals surface area (Å²) in [5, 5.41) is 9.43. The van der Waals surface area contributed by atoms with E-state index in [1.165, 1.54) is 11.2 Å². The van der Waals surface area contributed by atoms with Gasteiger partial charge in [0.25, 0.3) is 0 Å². The second-order valence-electron chi connectivity index (χ2n) is 4.95. The fraction of sp³-hybridized carbons (Fsp3) is 0.667. The number of primary amides is 1. The van der Waals surface area contributed by atoms with Crippen molar-refractivity contribution in [3.05, 3.63) is 12.2 Å². The summed E-state index contributed by atoms with van der Waals surface area (Å²) in [6, 6.07) is -0.451. The molecule has 1 aliphatic heterocycles. The molecular weight excluding hydrogens is 260 g/mol. The van der Waals surface area contributed by atoms with Gasteiger partial charge in [0.2, 0.25) is 5.91 Å². The van der Waals surface area contributed by atoms with Gasteiger partial charge in [-0.15, -0.1) is 0 Å². The topological polar surface area (TPSA) is 117 Å². The number of carbonyl (C=O) groups is 2. The number of nitrogens with one attached hydrogen (secondary N) is 2. The number of urea groups is 1. The normalized spacial score (nSPS) is 18.8. The van der Waals surface area contributed by atoms with Crippen LogP contribution in [0, 0.1) is 5.92 Å². The molecule has 0 bridgehead atoms. The van der Waals surface area contributed by atoms with Gasteiger partial charge in [-0.3, -0.25) is 9.89 Å². The Hall–Kier alpha value is -2.12. The Morgan fingerprint density at radius 1 is 1.55 bits per heavy atom. The van der Waals surface area contributed by atoms with Crippen LogP contribution in [0.2, 0.25) is 0 Å². The third kappa shape index (κ3) is 3.94. The molecule has 0 spiro atoms. The van der Waals surface area contributed by atoms with Gasteiger partial charge in [0, 0.05) is 26.1 Å². The van der Waals surface area contributed by atoms with Gasteiger partial charge >= 0.3 is 6.03 Å². The Morgan fingerprint density at radius 3 is 3.10 bits per heavy atom. The zero-order valence-corrected chi connectivity index (χ0v) is 11.3. The molecule has 4 N–H and O–H groups in total. The van der Waals surface area contributed by atoms with Crippen LogP contribution in [0.5, 0.6) is 0 Å². The van der Waals surface area contributed by atoms with Crippen molar-refractivity contribution in [1.29, 1.82) is 0 Å². The summed E-state index contributed by atoms with van der Waals surface area (Å²) in [6.07, 6.45) is 4.64. The molecular formula is C12H20N6O2. The summed E-state index contributed by atoms with van der Waals surface area (Å²) in [5.41, 5.74) is 5.24. The van der Waals surface area contributed by atoms with Crippen LogP contribution in [-0.2, 0) is 11.2 Å². The second kappa shape index (κ2) is 6.88. The molecule has 1 fully saturated rings. The summed E-state index contributed by atoms with van der Waals surface area (Å²) in [7, 11) is 0. The average molecular weight is 280 g/mol. The molecule has 1 aromatic heterocycles. The molecule has 2 heterocycles. The summed E-state index contributed by atoms with van der Waals surface area (Å²) in [4.78, 5) is 28.7. The van der Waals surface area contributed by atoms with Crippen molar-refractivity contribution < 1.29 is 9.59 Å². The lowest BCUT2D eigenvalue weighted by molar-refractivity contribution is -0.126. The van der Waals surface area contributed by atoms with Crippen LogP contribution in [0.1, 0.15) is 25.1 Å². The van der Waals surface area contributed by atoms with E-state index < -0.39 is 6.03 Å². The Kier molecular flexibility index (Phi) is 4.91. The van der Waals surface area contributed by atoms with Crippen LogP contribution in [0.4, 0.5) is 4.79 Å². The molecule has 1 saturated heterocycles. The number of aromatic nitrogens is 3. The number of nitrogens with two attached hydrogens (primary N) is 1. The van der Waals surface area contributed by atoms with Crippen molar-refractivity contribution in [1.82, 2.24) is 25.4 Å².